The predicted octanol–water partition coefficient (Wildman–Crippen LogP) is 3.36. The maximum absolute atomic E-state index is 12.1. The summed E-state index contributed by atoms with van der Waals surface area (Å²) in [4.78, 5) is 2.91. The lowest BCUT2D eigenvalue weighted by atomic mass is 9.89. The van der Waals surface area contributed by atoms with Crippen LogP contribution in [0.25, 0.3) is 0 Å². The summed E-state index contributed by atoms with van der Waals surface area (Å²) in [7, 11) is -0.297. The van der Waals surface area contributed by atoms with Crippen LogP contribution in [-0.2, 0) is 10.0 Å². The van der Waals surface area contributed by atoms with Crippen LogP contribution in [0.2, 0.25) is 0 Å². The molecule has 26 heavy (non-hydrogen) atoms. The van der Waals surface area contributed by atoms with Crippen molar-refractivity contribution in [1.29, 1.82) is 0 Å². The third kappa shape index (κ3) is 5.21. The van der Waals surface area contributed by atoms with Gasteiger partial charge in [0.25, 0.3) is 0 Å². The molecule has 5 nitrogen and oxygen atoms in total. The topological polar surface area (TPSA) is 49.9 Å². The molecule has 0 saturated heterocycles. The van der Waals surface area contributed by atoms with Gasteiger partial charge in [-0.2, -0.15) is 0 Å². The summed E-state index contributed by atoms with van der Waals surface area (Å²) in [6.45, 7) is 2.83. The van der Waals surface area contributed by atoms with Crippen LogP contribution in [0.1, 0.15) is 44.9 Å². The average molecular weight is 381 g/mol. The van der Waals surface area contributed by atoms with Gasteiger partial charge in [-0.05, 0) is 55.9 Å². The molecule has 0 N–H and O–H groups in total. The molecule has 1 aromatic carbocycles. The Morgan fingerprint density at radius 1 is 1.00 bits per heavy atom. The van der Waals surface area contributed by atoms with Gasteiger partial charge in [-0.1, -0.05) is 19.3 Å². The summed E-state index contributed by atoms with van der Waals surface area (Å²) in [6, 6.07) is 7.49. The third-order valence-corrected chi connectivity index (χ3v) is 7.36. The molecular weight excluding hydrogens is 348 g/mol. The van der Waals surface area contributed by atoms with Crippen LogP contribution < -0.4 is 4.74 Å². The molecule has 0 spiro atoms. The average Bonchev–Trinajstić information content (AvgIpc) is 3.47. The van der Waals surface area contributed by atoms with E-state index in [0.29, 0.717) is 11.5 Å². The normalized spacial score (nSPS) is 19.2. The summed E-state index contributed by atoms with van der Waals surface area (Å²) in [5.41, 5.74) is 0. The van der Waals surface area contributed by atoms with Crippen molar-refractivity contribution in [3.05, 3.63) is 24.3 Å². The van der Waals surface area contributed by atoms with Crippen LogP contribution in [0.3, 0.4) is 0 Å². The van der Waals surface area contributed by atoms with E-state index in [1.165, 1.54) is 55.8 Å². The lowest BCUT2D eigenvalue weighted by Gasteiger charge is -2.29. The first kappa shape index (κ1) is 19.6. The fourth-order valence-electron chi connectivity index (χ4n) is 3.76. The second kappa shape index (κ2) is 8.72. The molecule has 1 aromatic rings. The quantitative estimate of drug-likeness (QED) is 0.659. The fraction of sp³-hybridized carbons (Fsp3) is 0.700. The number of nitrogens with zero attached hydrogens (tertiary/aromatic N) is 2. The number of ether oxygens (including phenoxy) is 1. The van der Waals surface area contributed by atoms with Gasteiger partial charge in [0, 0.05) is 33.2 Å². The van der Waals surface area contributed by atoms with Crippen molar-refractivity contribution in [3.8, 4) is 5.75 Å². The minimum atomic E-state index is -3.38. The number of hydrogen-bond acceptors (Lipinski definition) is 4. The van der Waals surface area contributed by atoms with Gasteiger partial charge in [-0.25, -0.2) is 12.7 Å². The van der Waals surface area contributed by atoms with Crippen LogP contribution in [0.15, 0.2) is 29.2 Å². The monoisotopic (exact) mass is 380 g/mol. The van der Waals surface area contributed by atoms with Crippen LogP contribution in [0, 0.1) is 5.92 Å². The number of hydrogen-bond donors (Lipinski definition) is 0. The van der Waals surface area contributed by atoms with E-state index in [9.17, 15) is 8.42 Å². The van der Waals surface area contributed by atoms with Crippen LogP contribution in [-0.4, -0.2) is 57.5 Å². The Hall–Kier alpha value is -1.11. The van der Waals surface area contributed by atoms with Crippen LogP contribution in [0.4, 0.5) is 0 Å². The highest BCUT2D eigenvalue weighted by Gasteiger charge is 2.30. The van der Waals surface area contributed by atoms with E-state index >= 15 is 0 Å². The van der Waals surface area contributed by atoms with Crippen molar-refractivity contribution in [2.45, 2.75) is 55.9 Å². The molecular formula is C20H32N2O3S. The maximum atomic E-state index is 12.1. The van der Waals surface area contributed by atoms with Crippen LogP contribution in [0.5, 0.6) is 5.75 Å². The minimum absolute atomic E-state index is 0.298. The highest BCUT2D eigenvalue weighted by atomic mass is 32.2. The standard InChI is InChI=1S/C20H32N2O3S/c1-21(2)26(23,24)20-12-10-19(11-13-20)25-15-14-22(18-8-9-18)16-17-6-4-3-5-7-17/h10-13,17-18H,3-9,14-16H2,1-2H3. The van der Waals surface area contributed by atoms with Gasteiger partial charge in [0.05, 0.1) is 4.90 Å². The third-order valence-electron chi connectivity index (χ3n) is 5.53. The van der Waals surface area contributed by atoms with Crippen molar-refractivity contribution < 1.29 is 13.2 Å². The Kier molecular flexibility index (Phi) is 6.59. The molecule has 0 bridgehead atoms. The molecule has 0 aromatic heterocycles. The second-order valence-corrected chi connectivity index (χ2v) is 9.99. The van der Waals surface area contributed by atoms with Crippen molar-refractivity contribution in [2.24, 2.45) is 5.92 Å². The summed E-state index contributed by atoms with van der Waals surface area (Å²) >= 11 is 0. The molecule has 0 amide bonds. The van der Waals surface area contributed by atoms with E-state index in [4.69, 9.17) is 4.74 Å². The van der Waals surface area contributed by atoms with Gasteiger partial charge in [-0.15, -0.1) is 0 Å². The maximum Gasteiger partial charge on any atom is 0.242 e. The van der Waals surface area contributed by atoms with E-state index < -0.39 is 10.0 Å². The zero-order chi connectivity index (χ0) is 18.6. The van der Waals surface area contributed by atoms with Gasteiger partial charge >= 0.3 is 0 Å². The van der Waals surface area contributed by atoms with Gasteiger partial charge < -0.3 is 4.74 Å². The summed E-state index contributed by atoms with van der Waals surface area (Å²) in [5.74, 6) is 1.59. The first-order valence-corrected chi connectivity index (χ1v) is 11.3. The van der Waals surface area contributed by atoms with Crippen LogP contribution >= 0.6 is 0 Å². The van der Waals surface area contributed by atoms with Gasteiger partial charge in [0.2, 0.25) is 10.0 Å². The molecule has 0 aliphatic heterocycles. The van der Waals surface area contributed by atoms with Crippen molar-refractivity contribution in [1.82, 2.24) is 9.21 Å². The molecule has 0 unspecified atom stereocenters. The number of rotatable bonds is 9. The SMILES string of the molecule is CN(C)S(=O)(=O)c1ccc(OCCN(CC2CCCCC2)C2CC2)cc1. The second-order valence-electron chi connectivity index (χ2n) is 7.84. The Balaban J connectivity index is 1.48. The first-order valence-electron chi connectivity index (χ1n) is 9.86. The molecule has 6 heteroatoms. The highest BCUT2D eigenvalue weighted by molar-refractivity contribution is 7.89. The molecule has 0 heterocycles. The number of benzene rings is 1. The zero-order valence-corrected chi connectivity index (χ0v) is 16.9. The minimum Gasteiger partial charge on any atom is -0.492 e. The largest absolute Gasteiger partial charge is 0.492 e. The fourth-order valence-corrected chi connectivity index (χ4v) is 4.67. The van der Waals surface area contributed by atoms with E-state index in [1.807, 2.05) is 0 Å². The summed E-state index contributed by atoms with van der Waals surface area (Å²) < 4.78 is 31.3. The van der Waals surface area contributed by atoms with E-state index in [-0.39, 0.29) is 0 Å². The molecule has 0 radical (unpaired) electrons. The number of sulfonamides is 1. The lowest BCUT2D eigenvalue weighted by molar-refractivity contribution is 0.161. The Morgan fingerprint density at radius 3 is 2.23 bits per heavy atom. The Bertz CT molecular complexity index is 663. The zero-order valence-electron chi connectivity index (χ0n) is 16.1. The molecule has 3 rings (SSSR count). The lowest BCUT2D eigenvalue weighted by Crippen LogP contribution is -2.35. The molecule has 2 fully saturated rings. The molecule has 2 aliphatic rings. The van der Waals surface area contributed by atoms with E-state index in [2.05, 4.69) is 4.90 Å². The molecule has 0 atom stereocenters. The van der Waals surface area contributed by atoms with Gasteiger partial charge in [-0.3, -0.25) is 4.90 Å². The highest BCUT2D eigenvalue weighted by Crippen LogP contribution is 2.31. The van der Waals surface area contributed by atoms with Crippen molar-refractivity contribution in [2.75, 3.05) is 33.8 Å². The van der Waals surface area contributed by atoms with Gasteiger partial charge in [0.15, 0.2) is 0 Å². The summed E-state index contributed by atoms with van der Waals surface area (Å²) in [5, 5.41) is 0. The molecule has 146 valence electrons. The summed E-state index contributed by atoms with van der Waals surface area (Å²) in [6.07, 6.45) is 9.59. The van der Waals surface area contributed by atoms with Crippen molar-refractivity contribution in [3.63, 3.8) is 0 Å². The Labute approximate surface area is 158 Å². The van der Waals surface area contributed by atoms with E-state index in [1.54, 1.807) is 38.4 Å². The smallest absolute Gasteiger partial charge is 0.242 e. The first-order chi connectivity index (χ1) is 12.5. The molecule has 2 saturated carbocycles. The molecule has 2 aliphatic carbocycles. The Morgan fingerprint density at radius 2 is 1.65 bits per heavy atom. The van der Waals surface area contributed by atoms with E-state index in [0.717, 1.165) is 24.3 Å². The predicted molar refractivity (Wildman–Crippen MR) is 104 cm³/mol. The van der Waals surface area contributed by atoms with Gasteiger partial charge in [0.1, 0.15) is 12.4 Å². The van der Waals surface area contributed by atoms with Crippen molar-refractivity contribution >= 4 is 10.0 Å².